The molecule has 0 aromatic heterocycles. The fraction of sp³-hybridized carbons (Fsp3) is 0.500. The molecule has 3 nitrogen and oxygen atoms in total. The second-order valence-corrected chi connectivity index (χ2v) is 6.28. The number of carbonyl (C=O) groups excluding carboxylic acids is 2. The average molecular weight is 292 g/mol. The zero-order chi connectivity index (χ0) is 14.3. The Morgan fingerprint density at radius 2 is 1.90 bits per heavy atom. The van der Waals surface area contributed by atoms with Crippen molar-refractivity contribution >= 4 is 23.3 Å². The van der Waals surface area contributed by atoms with Crippen molar-refractivity contribution in [3.05, 3.63) is 34.9 Å². The van der Waals surface area contributed by atoms with E-state index in [1.165, 1.54) is 0 Å². The molecule has 2 saturated carbocycles. The van der Waals surface area contributed by atoms with Crippen LogP contribution in [0.25, 0.3) is 0 Å². The molecule has 106 valence electrons. The lowest BCUT2D eigenvalue weighted by molar-refractivity contribution is -0.118. The minimum absolute atomic E-state index is 0.0511. The molecule has 2 aliphatic rings. The summed E-state index contributed by atoms with van der Waals surface area (Å²) in [5, 5.41) is 3.74. The van der Waals surface area contributed by atoms with Gasteiger partial charge in [0.05, 0.1) is 0 Å². The third kappa shape index (κ3) is 2.47. The number of rotatable bonds is 4. The zero-order valence-electron chi connectivity index (χ0n) is 11.4. The van der Waals surface area contributed by atoms with Gasteiger partial charge >= 0.3 is 0 Å². The molecule has 2 aliphatic carbocycles. The van der Waals surface area contributed by atoms with Gasteiger partial charge in [0, 0.05) is 29.5 Å². The summed E-state index contributed by atoms with van der Waals surface area (Å²) < 4.78 is 0. The number of hydrogen-bond acceptors (Lipinski definition) is 2. The number of Topliss-reactive ketones (excluding diaryl/α,β-unsaturated/α-hetero) is 1. The molecule has 20 heavy (non-hydrogen) atoms. The van der Waals surface area contributed by atoms with Crippen LogP contribution in [0.15, 0.2) is 24.3 Å². The summed E-state index contributed by atoms with van der Waals surface area (Å²) in [7, 11) is 0. The Bertz CT molecular complexity index is 526. The first kappa shape index (κ1) is 13.6. The summed E-state index contributed by atoms with van der Waals surface area (Å²) in [6.45, 7) is 2.09. The van der Waals surface area contributed by atoms with Crippen LogP contribution >= 0.6 is 11.6 Å². The van der Waals surface area contributed by atoms with E-state index in [2.05, 4.69) is 12.2 Å². The highest BCUT2D eigenvalue weighted by molar-refractivity contribution is 6.30. The van der Waals surface area contributed by atoms with Gasteiger partial charge in [0.1, 0.15) is 5.78 Å². The van der Waals surface area contributed by atoms with E-state index in [9.17, 15) is 9.59 Å². The smallest absolute Gasteiger partial charge is 0.251 e. The summed E-state index contributed by atoms with van der Waals surface area (Å²) >= 11 is 5.82. The van der Waals surface area contributed by atoms with Gasteiger partial charge in [0.25, 0.3) is 5.91 Å². The molecule has 4 atom stereocenters. The highest BCUT2D eigenvalue weighted by Crippen LogP contribution is 2.58. The molecule has 0 heterocycles. The number of ketones is 1. The third-order valence-corrected chi connectivity index (χ3v) is 4.90. The predicted molar refractivity (Wildman–Crippen MR) is 77.7 cm³/mol. The lowest BCUT2D eigenvalue weighted by Crippen LogP contribution is -2.37. The van der Waals surface area contributed by atoms with E-state index < -0.39 is 0 Å². The predicted octanol–water partition coefficient (Wildman–Crippen LogP) is 3.07. The standard InChI is InChI=1S/C16H18ClNO2/c1-2-14(15-12-7-11(19)8-13(12)15)18-16(20)9-3-5-10(17)6-4-9/h3-6,12-15H,2,7-8H2,1H3,(H,18,20)/t12-,13+,14?,15?. The summed E-state index contributed by atoms with van der Waals surface area (Å²) in [4.78, 5) is 23.5. The number of benzene rings is 1. The highest BCUT2D eigenvalue weighted by atomic mass is 35.5. The Labute approximate surface area is 123 Å². The lowest BCUT2D eigenvalue weighted by Gasteiger charge is -2.18. The van der Waals surface area contributed by atoms with Crippen LogP contribution in [0.5, 0.6) is 0 Å². The van der Waals surface area contributed by atoms with Crippen molar-refractivity contribution in [1.29, 1.82) is 0 Å². The monoisotopic (exact) mass is 291 g/mol. The number of fused-ring (bicyclic) bond motifs is 1. The van der Waals surface area contributed by atoms with Gasteiger partial charge in [-0.1, -0.05) is 18.5 Å². The fourth-order valence-electron chi connectivity index (χ4n) is 3.58. The molecule has 1 aromatic rings. The van der Waals surface area contributed by atoms with Crippen LogP contribution in [0.3, 0.4) is 0 Å². The van der Waals surface area contributed by atoms with E-state index >= 15 is 0 Å². The van der Waals surface area contributed by atoms with Gasteiger partial charge in [-0.2, -0.15) is 0 Å². The molecule has 0 saturated heterocycles. The lowest BCUT2D eigenvalue weighted by atomic mass is 10.0. The third-order valence-electron chi connectivity index (χ3n) is 4.65. The van der Waals surface area contributed by atoms with E-state index in [0.717, 1.165) is 6.42 Å². The van der Waals surface area contributed by atoms with Gasteiger partial charge in [-0.05, 0) is 48.4 Å². The van der Waals surface area contributed by atoms with Gasteiger partial charge in [-0.25, -0.2) is 0 Å². The van der Waals surface area contributed by atoms with Crippen LogP contribution in [-0.2, 0) is 4.79 Å². The second-order valence-electron chi connectivity index (χ2n) is 5.85. The van der Waals surface area contributed by atoms with Crippen molar-refractivity contribution < 1.29 is 9.59 Å². The van der Waals surface area contributed by atoms with Crippen molar-refractivity contribution in [2.75, 3.05) is 0 Å². The van der Waals surface area contributed by atoms with Crippen LogP contribution < -0.4 is 5.32 Å². The van der Waals surface area contributed by atoms with Crippen LogP contribution in [0.2, 0.25) is 5.02 Å². The molecule has 4 heteroatoms. The van der Waals surface area contributed by atoms with Gasteiger partial charge in [-0.15, -0.1) is 0 Å². The Hall–Kier alpha value is -1.35. The zero-order valence-corrected chi connectivity index (χ0v) is 12.2. The summed E-state index contributed by atoms with van der Waals surface area (Å²) in [6, 6.07) is 7.11. The van der Waals surface area contributed by atoms with Crippen LogP contribution in [0, 0.1) is 17.8 Å². The molecule has 0 bridgehead atoms. The van der Waals surface area contributed by atoms with E-state index in [1.54, 1.807) is 24.3 Å². The van der Waals surface area contributed by atoms with Gasteiger partial charge in [-0.3, -0.25) is 9.59 Å². The minimum atomic E-state index is -0.0511. The van der Waals surface area contributed by atoms with E-state index in [1.807, 2.05) is 0 Å². The molecule has 1 N–H and O–H groups in total. The van der Waals surface area contributed by atoms with Gasteiger partial charge in [0.15, 0.2) is 0 Å². The Morgan fingerprint density at radius 3 is 2.45 bits per heavy atom. The first-order chi connectivity index (χ1) is 9.60. The van der Waals surface area contributed by atoms with Crippen LogP contribution in [0.1, 0.15) is 36.5 Å². The molecule has 0 radical (unpaired) electrons. The first-order valence-electron chi connectivity index (χ1n) is 7.18. The second kappa shape index (κ2) is 5.21. The Balaban J connectivity index is 1.63. The summed E-state index contributed by atoms with van der Waals surface area (Å²) in [5.41, 5.74) is 0.634. The Kier molecular flexibility index (Phi) is 3.55. The number of amides is 1. The molecule has 2 fully saturated rings. The molecule has 0 spiro atoms. The average Bonchev–Trinajstić information content (AvgIpc) is 2.92. The number of hydrogen-bond donors (Lipinski definition) is 1. The number of nitrogens with one attached hydrogen (secondary N) is 1. The first-order valence-corrected chi connectivity index (χ1v) is 7.56. The van der Waals surface area contributed by atoms with E-state index in [-0.39, 0.29) is 11.9 Å². The van der Waals surface area contributed by atoms with Crippen molar-refractivity contribution in [3.63, 3.8) is 0 Å². The molecule has 1 amide bonds. The largest absolute Gasteiger partial charge is 0.349 e. The number of halogens is 1. The highest BCUT2D eigenvalue weighted by Gasteiger charge is 2.58. The Morgan fingerprint density at radius 1 is 1.30 bits per heavy atom. The molecule has 0 aliphatic heterocycles. The van der Waals surface area contributed by atoms with Gasteiger partial charge < -0.3 is 5.32 Å². The molecular weight excluding hydrogens is 274 g/mol. The maximum atomic E-state index is 12.2. The molecule has 1 aromatic carbocycles. The van der Waals surface area contributed by atoms with Crippen LogP contribution in [0.4, 0.5) is 0 Å². The van der Waals surface area contributed by atoms with E-state index in [0.29, 0.717) is 47.0 Å². The van der Waals surface area contributed by atoms with Crippen molar-refractivity contribution in [2.24, 2.45) is 17.8 Å². The minimum Gasteiger partial charge on any atom is -0.349 e. The van der Waals surface area contributed by atoms with E-state index in [4.69, 9.17) is 11.6 Å². The van der Waals surface area contributed by atoms with Crippen molar-refractivity contribution in [3.8, 4) is 0 Å². The normalized spacial score (nSPS) is 28.9. The SMILES string of the molecule is CCC(NC(=O)c1ccc(Cl)cc1)C1[C@H]2CC(=O)C[C@@H]12. The quantitative estimate of drug-likeness (QED) is 0.927. The maximum absolute atomic E-state index is 12.2. The van der Waals surface area contributed by atoms with Crippen LogP contribution in [-0.4, -0.2) is 17.7 Å². The summed E-state index contributed by atoms with van der Waals surface area (Å²) in [6.07, 6.45) is 2.33. The number of carbonyl (C=O) groups is 2. The molecule has 2 unspecified atom stereocenters. The van der Waals surface area contributed by atoms with Crippen molar-refractivity contribution in [2.45, 2.75) is 32.2 Å². The van der Waals surface area contributed by atoms with Gasteiger partial charge in [0.2, 0.25) is 0 Å². The maximum Gasteiger partial charge on any atom is 0.251 e. The molecular formula is C16H18ClNO2. The summed E-state index contributed by atoms with van der Waals surface area (Å²) in [5.74, 6) is 1.85. The topological polar surface area (TPSA) is 46.2 Å². The van der Waals surface area contributed by atoms with Crippen molar-refractivity contribution in [1.82, 2.24) is 5.32 Å². The molecule has 3 rings (SSSR count). The fourth-order valence-corrected chi connectivity index (χ4v) is 3.70.